The summed E-state index contributed by atoms with van der Waals surface area (Å²) in [5, 5.41) is 0. The van der Waals surface area contributed by atoms with Gasteiger partial charge < -0.3 is 29.8 Å². The van der Waals surface area contributed by atoms with E-state index in [0.717, 1.165) is 0 Å². The summed E-state index contributed by atoms with van der Waals surface area (Å²) in [6.45, 7) is 0. The third-order valence-electron chi connectivity index (χ3n) is 6.58. The van der Waals surface area contributed by atoms with Crippen molar-refractivity contribution in [3.05, 3.63) is 203 Å². The molecule has 0 saturated carbocycles. The van der Waals surface area contributed by atoms with Crippen LogP contribution in [0.15, 0.2) is 170 Å². The minimum absolute atomic E-state index is 0. The molecule has 6 aromatic carbocycles. The van der Waals surface area contributed by atoms with Gasteiger partial charge in [0.25, 0.3) is 0 Å². The molecule has 1 heteroatoms. The first-order valence-corrected chi connectivity index (χ1v) is 12.5. The van der Waals surface area contributed by atoms with Crippen LogP contribution in [0, 0.1) is 0 Å². The third-order valence-corrected chi connectivity index (χ3v) is 6.58. The van der Waals surface area contributed by atoms with Gasteiger partial charge in [0.2, 0.25) is 0 Å². The fourth-order valence-electron chi connectivity index (χ4n) is 4.90. The molecule has 0 fully saturated rings. The van der Waals surface area contributed by atoms with Crippen LogP contribution in [-0.2, 0) is 17.1 Å². The summed E-state index contributed by atoms with van der Waals surface area (Å²) in [5.74, 6) is 0.671. The van der Waals surface area contributed by atoms with E-state index in [4.69, 9.17) is 0 Å². The predicted octanol–water partition coefficient (Wildman–Crippen LogP) is 9.17. The fraction of sp³-hybridized carbons (Fsp3) is 0.0556. The van der Waals surface area contributed by atoms with Crippen LogP contribution < -0.4 is 0 Å². The SMILES string of the molecule is [Fe].c1ccc(C(c2ccccc2)[c-]2[cH-][cH-][cH-][cH-]2)cc1.c1ccc(C(c2ccccc2)[c-]2cccc2)cc1. The average molecular weight is 518 g/mol. The van der Waals surface area contributed by atoms with Gasteiger partial charge >= 0.3 is 0 Å². The third kappa shape index (κ3) is 6.66. The molecule has 37 heavy (non-hydrogen) atoms. The van der Waals surface area contributed by atoms with Crippen molar-refractivity contribution in [2.24, 2.45) is 0 Å². The molecule has 0 aliphatic carbocycles. The van der Waals surface area contributed by atoms with Gasteiger partial charge in [-0.15, -0.1) is 5.56 Å². The maximum Gasteiger partial charge on any atom is 0 e. The minimum atomic E-state index is 0. The van der Waals surface area contributed by atoms with Crippen LogP contribution >= 0.6 is 0 Å². The largest absolute Gasteiger partial charge is 0.748 e. The van der Waals surface area contributed by atoms with E-state index in [0.29, 0.717) is 11.8 Å². The summed E-state index contributed by atoms with van der Waals surface area (Å²) in [7, 11) is 0. The first-order valence-electron chi connectivity index (χ1n) is 12.5. The molecular weight excluding hydrogens is 488 g/mol. The van der Waals surface area contributed by atoms with Crippen molar-refractivity contribution < 1.29 is 17.1 Å². The molecule has 0 unspecified atom stereocenters. The van der Waals surface area contributed by atoms with E-state index >= 15 is 0 Å². The van der Waals surface area contributed by atoms with Crippen molar-refractivity contribution in [1.82, 2.24) is 0 Å². The van der Waals surface area contributed by atoms with Crippen LogP contribution in [0.25, 0.3) is 0 Å². The van der Waals surface area contributed by atoms with Gasteiger partial charge in [0.1, 0.15) is 0 Å². The molecule has 188 valence electrons. The van der Waals surface area contributed by atoms with E-state index in [1.54, 1.807) is 0 Å². The maximum atomic E-state index is 2.20. The van der Waals surface area contributed by atoms with Gasteiger partial charge in [-0.2, -0.15) is 18.1 Å². The van der Waals surface area contributed by atoms with Crippen LogP contribution in [0.1, 0.15) is 45.2 Å². The Balaban J connectivity index is 0.000000168. The standard InChI is InChI=1S/2C18H15.Fe/c2*1-3-9-15(10-4-1)18(17-13-7-8-14-17)16-11-5-2-6-12-16;/h2*1-14,18H;/q-5;-1;. The van der Waals surface area contributed by atoms with Crippen molar-refractivity contribution in [1.29, 1.82) is 0 Å². The predicted molar refractivity (Wildman–Crippen MR) is 152 cm³/mol. The molecule has 0 saturated heterocycles. The van der Waals surface area contributed by atoms with Gasteiger partial charge in [0, 0.05) is 17.1 Å². The van der Waals surface area contributed by atoms with Crippen LogP contribution in [0.3, 0.4) is 0 Å². The van der Waals surface area contributed by atoms with E-state index in [1.807, 2.05) is 0 Å². The summed E-state index contributed by atoms with van der Waals surface area (Å²) >= 11 is 0. The molecule has 0 radical (unpaired) electrons. The second-order valence-corrected chi connectivity index (χ2v) is 8.95. The smallest absolute Gasteiger partial charge is 0 e. The second-order valence-electron chi connectivity index (χ2n) is 8.95. The molecule has 0 atom stereocenters. The van der Waals surface area contributed by atoms with E-state index in [2.05, 4.69) is 170 Å². The molecule has 0 N–H and O–H groups in total. The van der Waals surface area contributed by atoms with Gasteiger partial charge in [0.15, 0.2) is 0 Å². The molecule has 6 rings (SSSR count). The average Bonchev–Trinajstić information content (AvgIpc) is 3.68. The quantitative estimate of drug-likeness (QED) is 0.152. The molecule has 6 aromatic rings. The van der Waals surface area contributed by atoms with Crippen LogP contribution in [-0.4, -0.2) is 0 Å². The summed E-state index contributed by atoms with van der Waals surface area (Å²) in [6.07, 6.45) is 0. The van der Waals surface area contributed by atoms with Crippen LogP contribution in [0.5, 0.6) is 0 Å². The van der Waals surface area contributed by atoms with Crippen molar-refractivity contribution in [2.75, 3.05) is 0 Å². The van der Waals surface area contributed by atoms with Gasteiger partial charge in [-0.25, -0.2) is 12.1 Å². The molecule has 0 nitrogen and oxygen atoms in total. The zero-order valence-corrected chi connectivity index (χ0v) is 21.8. The molecular formula is C36H30Fe-6. The Hall–Kier alpha value is -3.90. The first-order chi connectivity index (χ1) is 17.9. The van der Waals surface area contributed by atoms with E-state index in [1.165, 1.54) is 33.4 Å². The molecule has 0 heterocycles. The zero-order chi connectivity index (χ0) is 24.4. The number of rotatable bonds is 6. The number of hydrogen-bond donors (Lipinski definition) is 0. The van der Waals surface area contributed by atoms with E-state index < -0.39 is 0 Å². The van der Waals surface area contributed by atoms with E-state index in [-0.39, 0.29) is 17.1 Å². The summed E-state index contributed by atoms with van der Waals surface area (Å²) in [6, 6.07) is 59.9. The van der Waals surface area contributed by atoms with Crippen molar-refractivity contribution in [3.63, 3.8) is 0 Å². The van der Waals surface area contributed by atoms with Crippen molar-refractivity contribution in [3.8, 4) is 0 Å². The second kappa shape index (κ2) is 13.4. The van der Waals surface area contributed by atoms with Crippen LogP contribution in [0.2, 0.25) is 0 Å². The summed E-state index contributed by atoms with van der Waals surface area (Å²) in [4.78, 5) is 0. The fourth-order valence-corrected chi connectivity index (χ4v) is 4.90. The summed E-state index contributed by atoms with van der Waals surface area (Å²) in [5.41, 5.74) is 8.08. The zero-order valence-electron chi connectivity index (χ0n) is 20.7. The Kier molecular flexibility index (Phi) is 9.49. The van der Waals surface area contributed by atoms with Gasteiger partial charge in [-0.05, 0) is 17.0 Å². The Labute approximate surface area is 231 Å². The molecule has 0 bridgehead atoms. The molecule has 0 spiro atoms. The normalized spacial score (nSPS) is 10.4. The number of benzene rings is 4. The van der Waals surface area contributed by atoms with E-state index in [9.17, 15) is 0 Å². The maximum absolute atomic E-state index is 2.20. The Bertz CT molecular complexity index is 1190. The summed E-state index contributed by atoms with van der Waals surface area (Å²) < 4.78 is 0. The Morgan fingerprint density at radius 1 is 0.405 bits per heavy atom. The molecule has 0 aliphatic rings. The Morgan fingerprint density at radius 3 is 1.08 bits per heavy atom. The topological polar surface area (TPSA) is 0 Å². The molecule has 0 amide bonds. The Morgan fingerprint density at radius 2 is 0.730 bits per heavy atom. The molecule has 0 aliphatic heterocycles. The van der Waals surface area contributed by atoms with Crippen molar-refractivity contribution in [2.45, 2.75) is 11.8 Å². The van der Waals surface area contributed by atoms with Crippen LogP contribution in [0.4, 0.5) is 0 Å². The number of hydrogen-bond acceptors (Lipinski definition) is 0. The van der Waals surface area contributed by atoms with Gasteiger partial charge in [-0.1, -0.05) is 132 Å². The first kappa shape index (κ1) is 26.2. The monoisotopic (exact) mass is 518 g/mol. The van der Waals surface area contributed by atoms with Crippen molar-refractivity contribution >= 4 is 0 Å². The van der Waals surface area contributed by atoms with Gasteiger partial charge in [-0.3, -0.25) is 0 Å². The minimum Gasteiger partial charge on any atom is -0.748 e. The molecule has 0 aromatic heterocycles. The van der Waals surface area contributed by atoms with Gasteiger partial charge in [0.05, 0.1) is 0 Å².